The van der Waals surface area contributed by atoms with E-state index < -0.39 is 11.8 Å². The van der Waals surface area contributed by atoms with Crippen LogP contribution < -0.4 is 0 Å². The lowest BCUT2D eigenvalue weighted by Crippen LogP contribution is -2.38. The fourth-order valence-electron chi connectivity index (χ4n) is 2.42. The molecule has 1 heterocycles. The molecule has 0 unspecified atom stereocenters. The first-order valence-electron chi connectivity index (χ1n) is 5.41. The summed E-state index contributed by atoms with van der Waals surface area (Å²) < 4.78 is 10.6. The van der Waals surface area contributed by atoms with Crippen molar-refractivity contribution in [3.8, 4) is 0 Å². The average Bonchev–Trinajstić information content (AvgIpc) is 2.67. The Kier molecular flexibility index (Phi) is 1.99. The maximum absolute atomic E-state index is 11.3. The molecule has 1 fully saturated rings. The van der Waals surface area contributed by atoms with Crippen LogP contribution >= 0.6 is 0 Å². The van der Waals surface area contributed by atoms with Crippen LogP contribution in [0.2, 0.25) is 0 Å². The highest BCUT2D eigenvalue weighted by Crippen LogP contribution is 2.44. The van der Waals surface area contributed by atoms with Crippen LogP contribution in [0, 0.1) is 0 Å². The van der Waals surface area contributed by atoms with Gasteiger partial charge in [0, 0.05) is 12.8 Å². The second kappa shape index (κ2) is 3.37. The molecule has 0 radical (unpaired) electrons. The molecule has 3 heteroatoms. The topological polar surface area (TPSA) is 35.5 Å². The van der Waals surface area contributed by atoms with E-state index in [2.05, 4.69) is 0 Å². The van der Waals surface area contributed by atoms with E-state index in [1.165, 1.54) is 0 Å². The minimum absolute atomic E-state index is 0.188. The van der Waals surface area contributed by atoms with E-state index in [4.69, 9.17) is 9.47 Å². The first kappa shape index (κ1) is 9.46. The number of ether oxygens (including phenoxy) is 2. The van der Waals surface area contributed by atoms with Crippen LogP contribution in [-0.2, 0) is 15.1 Å². The number of rotatable bonds is 1. The summed E-state index contributed by atoms with van der Waals surface area (Å²) in [4.78, 5) is 11.3. The molecule has 0 amide bonds. The molecule has 3 nitrogen and oxygen atoms in total. The Hall–Kier alpha value is -1.77. The molecular formula is C13H12O3. The van der Waals surface area contributed by atoms with Crippen molar-refractivity contribution in [2.24, 2.45) is 0 Å². The lowest BCUT2D eigenvalue weighted by Gasteiger charge is -2.32. The highest BCUT2D eigenvalue weighted by molar-refractivity contribution is 5.64. The second-order valence-corrected chi connectivity index (χ2v) is 4.13. The lowest BCUT2D eigenvalue weighted by molar-refractivity contribution is 0.0237. The fourth-order valence-corrected chi connectivity index (χ4v) is 2.42. The largest absolute Gasteiger partial charge is 0.509 e. The molecule has 0 bridgehead atoms. The highest BCUT2D eigenvalue weighted by Gasteiger charge is 2.52. The zero-order valence-electron chi connectivity index (χ0n) is 8.76. The maximum Gasteiger partial charge on any atom is 0.509 e. The molecule has 1 aromatic rings. The molecule has 0 saturated carbocycles. The van der Waals surface area contributed by atoms with E-state index in [9.17, 15) is 4.79 Å². The zero-order valence-corrected chi connectivity index (χ0v) is 8.76. The Morgan fingerprint density at radius 1 is 1.19 bits per heavy atom. The Morgan fingerprint density at radius 2 is 2.00 bits per heavy atom. The van der Waals surface area contributed by atoms with Gasteiger partial charge < -0.3 is 9.47 Å². The highest BCUT2D eigenvalue weighted by atomic mass is 16.8. The van der Waals surface area contributed by atoms with Crippen LogP contribution in [-0.4, -0.2) is 12.3 Å². The van der Waals surface area contributed by atoms with Gasteiger partial charge in [0.05, 0.1) is 0 Å². The monoisotopic (exact) mass is 216 g/mol. The Balaban J connectivity index is 2.07. The molecule has 1 saturated heterocycles. The van der Waals surface area contributed by atoms with Gasteiger partial charge in [-0.2, -0.15) is 0 Å². The van der Waals surface area contributed by atoms with E-state index in [1.807, 2.05) is 42.5 Å². The Labute approximate surface area is 93.7 Å². The summed E-state index contributed by atoms with van der Waals surface area (Å²) in [5.41, 5.74) is 0.405. The standard InChI is InChI=1S/C13H12O3/c14-12-15-11-8-4-5-9-13(11,16-12)10-6-2-1-3-7-10/h1-7,11H,8-9H2/t11-,13-/m0/s1. The molecule has 0 N–H and O–H groups in total. The minimum Gasteiger partial charge on any atom is -0.426 e. The minimum atomic E-state index is -0.604. The molecule has 0 aromatic heterocycles. The van der Waals surface area contributed by atoms with Gasteiger partial charge in [-0.1, -0.05) is 42.5 Å². The number of hydrogen-bond donors (Lipinski definition) is 0. The summed E-state index contributed by atoms with van der Waals surface area (Å²) >= 11 is 0. The van der Waals surface area contributed by atoms with E-state index in [0.29, 0.717) is 6.42 Å². The van der Waals surface area contributed by atoms with E-state index >= 15 is 0 Å². The van der Waals surface area contributed by atoms with Crippen molar-refractivity contribution in [1.29, 1.82) is 0 Å². The number of hydrogen-bond acceptors (Lipinski definition) is 3. The van der Waals surface area contributed by atoms with Crippen LogP contribution in [0.1, 0.15) is 18.4 Å². The zero-order chi connectivity index (χ0) is 11.0. The average molecular weight is 216 g/mol. The van der Waals surface area contributed by atoms with E-state index in [1.54, 1.807) is 0 Å². The van der Waals surface area contributed by atoms with Gasteiger partial charge in [0.25, 0.3) is 0 Å². The van der Waals surface area contributed by atoms with Crippen molar-refractivity contribution in [1.82, 2.24) is 0 Å². The molecular weight excluding hydrogens is 204 g/mol. The third-order valence-electron chi connectivity index (χ3n) is 3.22. The molecule has 82 valence electrons. The van der Waals surface area contributed by atoms with Crippen LogP contribution in [0.25, 0.3) is 0 Å². The molecule has 2 aliphatic rings. The Bertz CT molecular complexity index is 438. The molecule has 3 rings (SSSR count). The van der Waals surface area contributed by atoms with Crippen molar-refractivity contribution >= 4 is 6.16 Å². The lowest BCUT2D eigenvalue weighted by atomic mass is 9.81. The third kappa shape index (κ3) is 1.24. The van der Waals surface area contributed by atoms with Crippen molar-refractivity contribution < 1.29 is 14.3 Å². The summed E-state index contributed by atoms with van der Waals surface area (Å²) in [7, 11) is 0. The Morgan fingerprint density at radius 3 is 2.81 bits per heavy atom. The molecule has 1 aliphatic carbocycles. The molecule has 1 aliphatic heterocycles. The maximum atomic E-state index is 11.3. The number of carbonyl (C=O) groups excluding carboxylic acids is 1. The summed E-state index contributed by atoms with van der Waals surface area (Å²) in [5.74, 6) is 0. The molecule has 1 aromatic carbocycles. The molecule has 0 spiro atoms. The van der Waals surface area contributed by atoms with E-state index in [0.717, 1.165) is 12.0 Å². The van der Waals surface area contributed by atoms with Crippen LogP contribution in [0.3, 0.4) is 0 Å². The fraction of sp³-hybridized carbons (Fsp3) is 0.308. The summed E-state index contributed by atoms with van der Waals surface area (Å²) in [6.45, 7) is 0. The van der Waals surface area contributed by atoms with Gasteiger partial charge in [-0.25, -0.2) is 4.79 Å². The van der Waals surface area contributed by atoms with Gasteiger partial charge in [-0.3, -0.25) is 0 Å². The van der Waals surface area contributed by atoms with Crippen molar-refractivity contribution in [2.45, 2.75) is 24.5 Å². The van der Waals surface area contributed by atoms with Gasteiger partial charge in [0.1, 0.15) is 0 Å². The second-order valence-electron chi connectivity index (χ2n) is 4.13. The van der Waals surface area contributed by atoms with Gasteiger partial charge in [0.15, 0.2) is 11.7 Å². The van der Waals surface area contributed by atoms with E-state index in [-0.39, 0.29) is 6.10 Å². The van der Waals surface area contributed by atoms with Gasteiger partial charge in [-0.15, -0.1) is 0 Å². The smallest absolute Gasteiger partial charge is 0.426 e. The quantitative estimate of drug-likeness (QED) is 0.535. The number of carbonyl (C=O) groups is 1. The summed E-state index contributed by atoms with van der Waals surface area (Å²) in [6, 6.07) is 9.81. The van der Waals surface area contributed by atoms with Crippen molar-refractivity contribution in [3.05, 3.63) is 48.0 Å². The summed E-state index contributed by atoms with van der Waals surface area (Å²) in [6.07, 6.45) is 4.75. The molecule has 16 heavy (non-hydrogen) atoms. The number of fused-ring (bicyclic) bond motifs is 1. The SMILES string of the molecule is O=C1O[C@H]2CC=CC[C@@]2(c2ccccc2)O1. The van der Waals surface area contributed by atoms with Crippen molar-refractivity contribution in [3.63, 3.8) is 0 Å². The number of benzene rings is 1. The van der Waals surface area contributed by atoms with Gasteiger partial charge >= 0.3 is 6.16 Å². The summed E-state index contributed by atoms with van der Waals surface area (Å²) in [5, 5.41) is 0. The van der Waals surface area contributed by atoms with Crippen molar-refractivity contribution in [2.75, 3.05) is 0 Å². The first-order valence-corrected chi connectivity index (χ1v) is 5.41. The predicted octanol–water partition coefficient (Wildman–Crippen LogP) is 2.77. The van der Waals surface area contributed by atoms with Gasteiger partial charge in [0.2, 0.25) is 0 Å². The predicted molar refractivity (Wildman–Crippen MR) is 57.8 cm³/mol. The normalized spacial score (nSPS) is 31.8. The van der Waals surface area contributed by atoms with Crippen LogP contribution in [0.5, 0.6) is 0 Å². The van der Waals surface area contributed by atoms with Crippen LogP contribution in [0.4, 0.5) is 4.79 Å². The first-order chi connectivity index (χ1) is 7.81. The molecule has 2 atom stereocenters. The third-order valence-corrected chi connectivity index (χ3v) is 3.22. The van der Waals surface area contributed by atoms with Gasteiger partial charge in [-0.05, 0) is 5.56 Å². The van der Waals surface area contributed by atoms with Crippen LogP contribution in [0.15, 0.2) is 42.5 Å².